The molecule has 19 heavy (non-hydrogen) atoms. The topological polar surface area (TPSA) is 70.1 Å². The second-order valence-corrected chi connectivity index (χ2v) is 4.73. The number of hydrogen-bond acceptors (Lipinski definition) is 3. The smallest absolute Gasteiger partial charge is 0.248 e. The maximum absolute atomic E-state index is 11.3. The Kier molecular flexibility index (Phi) is 2.74. The summed E-state index contributed by atoms with van der Waals surface area (Å²) in [5.74, 6) is 0.822. The number of imidazole rings is 1. The Morgan fingerprint density at radius 1 is 1.47 bits per heavy atom. The summed E-state index contributed by atoms with van der Waals surface area (Å²) >= 11 is 0. The van der Waals surface area contributed by atoms with Gasteiger partial charge in [0, 0.05) is 17.7 Å². The fourth-order valence-electron chi connectivity index (χ4n) is 2.10. The van der Waals surface area contributed by atoms with Crippen molar-refractivity contribution in [2.45, 2.75) is 18.8 Å². The zero-order valence-corrected chi connectivity index (χ0v) is 10.7. The number of nitrogens with zero attached hydrogens (tertiary/aromatic N) is 2. The molecular weight excluding hydrogens is 242 g/mol. The minimum absolute atomic E-state index is 0.452. The molecule has 5 nitrogen and oxygen atoms in total. The quantitative estimate of drug-likeness (QED) is 0.908. The van der Waals surface area contributed by atoms with Crippen LogP contribution in [0.1, 0.15) is 34.8 Å². The monoisotopic (exact) mass is 257 g/mol. The van der Waals surface area contributed by atoms with Gasteiger partial charge in [0.25, 0.3) is 0 Å². The molecule has 3 rings (SSSR count). The van der Waals surface area contributed by atoms with E-state index in [1.807, 2.05) is 10.8 Å². The van der Waals surface area contributed by atoms with E-state index in [0.717, 1.165) is 11.4 Å². The fourth-order valence-corrected chi connectivity index (χ4v) is 2.10. The minimum Gasteiger partial charge on any atom is -0.495 e. The van der Waals surface area contributed by atoms with Gasteiger partial charge in [0.1, 0.15) is 5.75 Å². The van der Waals surface area contributed by atoms with E-state index < -0.39 is 5.91 Å². The summed E-state index contributed by atoms with van der Waals surface area (Å²) < 4.78 is 7.19. The molecule has 0 aliphatic heterocycles. The molecular formula is C14H15N3O2. The summed E-state index contributed by atoms with van der Waals surface area (Å²) in [7, 11) is 1.60. The van der Waals surface area contributed by atoms with Crippen LogP contribution >= 0.6 is 0 Å². The van der Waals surface area contributed by atoms with Gasteiger partial charge in [-0.05, 0) is 31.0 Å². The molecule has 1 heterocycles. The van der Waals surface area contributed by atoms with Crippen LogP contribution in [0.5, 0.6) is 5.75 Å². The third-order valence-corrected chi connectivity index (χ3v) is 3.34. The third kappa shape index (κ3) is 2.19. The lowest BCUT2D eigenvalue weighted by molar-refractivity contribution is 0.1000. The van der Waals surface area contributed by atoms with Gasteiger partial charge in [-0.25, -0.2) is 4.98 Å². The molecule has 2 aromatic rings. The Balaban J connectivity index is 2.04. The van der Waals surface area contributed by atoms with Crippen LogP contribution in [-0.4, -0.2) is 22.6 Å². The Morgan fingerprint density at radius 3 is 2.89 bits per heavy atom. The first-order chi connectivity index (χ1) is 9.19. The summed E-state index contributed by atoms with van der Waals surface area (Å²) in [5.41, 5.74) is 7.63. The Bertz CT molecular complexity index is 629. The first-order valence-electron chi connectivity index (χ1n) is 6.21. The highest BCUT2D eigenvalue weighted by atomic mass is 16.5. The van der Waals surface area contributed by atoms with Gasteiger partial charge in [0.15, 0.2) is 0 Å². The largest absolute Gasteiger partial charge is 0.495 e. The van der Waals surface area contributed by atoms with Crippen molar-refractivity contribution < 1.29 is 9.53 Å². The van der Waals surface area contributed by atoms with Crippen molar-refractivity contribution in [2.24, 2.45) is 5.73 Å². The molecule has 0 radical (unpaired) electrons. The van der Waals surface area contributed by atoms with Crippen LogP contribution in [0.4, 0.5) is 0 Å². The summed E-state index contributed by atoms with van der Waals surface area (Å²) in [6.45, 7) is 0. The molecule has 1 fully saturated rings. The van der Waals surface area contributed by atoms with Crippen molar-refractivity contribution in [1.82, 2.24) is 9.55 Å². The second kappa shape index (κ2) is 4.42. The lowest BCUT2D eigenvalue weighted by Gasteiger charge is -2.10. The zero-order chi connectivity index (χ0) is 13.4. The summed E-state index contributed by atoms with van der Waals surface area (Å²) in [4.78, 5) is 15.7. The highest BCUT2D eigenvalue weighted by Gasteiger charge is 2.26. The van der Waals surface area contributed by atoms with Crippen LogP contribution in [0.25, 0.3) is 5.69 Å². The van der Waals surface area contributed by atoms with Gasteiger partial charge in [0.2, 0.25) is 5.91 Å². The molecule has 0 unspecified atom stereocenters. The summed E-state index contributed by atoms with van der Waals surface area (Å²) in [6.07, 6.45) is 6.14. The number of rotatable bonds is 4. The lowest BCUT2D eigenvalue weighted by Crippen LogP contribution is -2.11. The molecule has 1 aliphatic rings. The molecule has 0 saturated heterocycles. The first-order valence-corrected chi connectivity index (χ1v) is 6.21. The number of carbonyl (C=O) groups excluding carboxylic acids is 1. The molecule has 2 N–H and O–H groups in total. The van der Waals surface area contributed by atoms with Crippen molar-refractivity contribution in [1.29, 1.82) is 0 Å². The SMILES string of the molecule is COc1ccc(C(N)=O)cc1-n1cnc(C2CC2)c1. The summed E-state index contributed by atoms with van der Waals surface area (Å²) in [6, 6.07) is 5.12. The molecule has 1 aliphatic carbocycles. The lowest BCUT2D eigenvalue weighted by atomic mass is 10.1. The number of carbonyl (C=O) groups is 1. The van der Waals surface area contributed by atoms with Crippen molar-refractivity contribution in [2.75, 3.05) is 7.11 Å². The Hall–Kier alpha value is -2.30. The van der Waals surface area contributed by atoms with E-state index >= 15 is 0 Å². The molecule has 98 valence electrons. The van der Waals surface area contributed by atoms with Crippen molar-refractivity contribution >= 4 is 5.91 Å². The number of hydrogen-bond donors (Lipinski definition) is 1. The molecule has 1 aromatic heterocycles. The standard InChI is InChI=1S/C14H15N3O2/c1-19-13-5-4-10(14(15)18)6-12(13)17-7-11(16-8-17)9-2-3-9/h4-9H,2-3H2,1H3,(H2,15,18). The molecule has 0 atom stereocenters. The van der Waals surface area contributed by atoms with E-state index in [9.17, 15) is 4.79 Å². The van der Waals surface area contributed by atoms with E-state index in [1.165, 1.54) is 12.8 Å². The van der Waals surface area contributed by atoms with Crippen LogP contribution in [-0.2, 0) is 0 Å². The van der Waals surface area contributed by atoms with Gasteiger partial charge in [-0.2, -0.15) is 0 Å². The number of methoxy groups -OCH3 is 1. The van der Waals surface area contributed by atoms with E-state index in [1.54, 1.807) is 31.6 Å². The molecule has 0 bridgehead atoms. The normalized spacial score (nSPS) is 14.4. The van der Waals surface area contributed by atoms with Gasteiger partial charge in [-0.15, -0.1) is 0 Å². The fraction of sp³-hybridized carbons (Fsp3) is 0.286. The van der Waals surface area contributed by atoms with Crippen molar-refractivity contribution in [3.8, 4) is 11.4 Å². The van der Waals surface area contributed by atoms with E-state index in [-0.39, 0.29) is 0 Å². The van der Waals surface area contributed by atoms with Crippen molar-refractivity contribution in [3.63, 3.8) is 0 Å². The van der Waals surface area contributed by atoms with Crippen LogP contribution < -0.4 is 10.5 Å². The third-order valence-electron chi connectivity index (χ3n) is 3.34. The van der Waals surface area contributed by atoms with Crippen LogP contribution in [0, 0.1) is 0 Å². The second-order valence-electron chi connectivity index (χ2n) is 4.73. The van der Waals surface area contributed by atoms with E-state index in [0.29, 0.717) is 17.2 Å². The van der Waals surface area contributed by atoms with E-state index in [2.05, 4.69) is 4.98 Å². The number of amides is 1. The highest BCUT2D eigenvalue weighted by molar-refractivity contribution is 5.93. The number of ether oxygens (including phenoxy) is 1. The number of benzene rings is 1. The average Bonchev–Trinajstić information content (AvgIpc) is 3.16. The zero-order valence-electron chi connectivity index (χ0n) is 10.7. The molecule has 0 spiro atoms. The van der Waals surface area contributed by atoms with Gasteiger partial charge in [0.05, 0.1) is 24.8 Å². The van der Waals surface area contributed by atoms with Gasteiger partial charge in [-0.1, -0.05) is 0 Å². The number of aromatic nitrogens is 2. The molecule has 5 heteroatoms. The minimum atomic E-state index is -0.452. The van der Waals surface area contributed by atoms with Gasteiger partial charge in [-0.3, -0.25) is 4.79 Å². The first kappa shape index (κ1) is 11.8. The maximum atomic E-state index is 11.3. The van der Waals surface area contributed by atoms with Crippen LogP contribution in [0.3, 0.4) is 0 Å². The summed E-state index contributed by atoms with van der Waals surface area (Å²) in [5, 5.41) is 0. The molecule has 1 saturated carbocycles. The highest BCUT2D eigenvalue weighted by Crippen LogP contribution is 2.39. The van der Waals surface area contributed by atoms with E-state index in [4.69, 9.17) is 10.5 Å². The maximum Gasteiger partial charge on any atom is 0.248 e. The number of primary amides is 1. The van der Waals surface area contributed by atoms with Crippen LogP contribution in [0.2, 0.25) is 0 Å². The predicted molar refractivity (Wildman–Crippen MR) is 70.6 cm³/mol. The Labute approximate surface area is 111 Å². The van der Waals surface area contributed by atoms with Gasteiger partial charge >= 0.3 is 0 Å². The molecule has 1 amide bonds. The predicted octanol–water partition coefficient (Wildman–Crippen LogP) is 1.86. The Morgan fingerprint density at radius 2 is 2.26 bits per heavy atom. The number of nitrogens with two attached hydrogens (primary N) is 1. The van der Waals surface area contributed by atoms with Crippen LogP contribution in [0.15, 0.2) is 30.7 Å². The average molecular weight is 257 g/mol. The van der Waals surface area contributed by atoms with Crippen molar-refractivity contribution in [3.05, 3.63) is 42.0 Å². The molecule has 1 aromatic carbocycles. The van der Waals surface area contributed by atoms with Gasteiger partial charge < -0.3 is 15.0 Å².